The molecule has 2 aromatic heterocycles. The van der Waals surface area contributed by atoms with Gasteiger partial charge in [-0.2, -0.15) is 0 Å². The van der Waals surface area contributed by atoms with Crippen LogP contribution in [0.15, 0.2) is 12.7 Å². The summed E-state index contributed by atoms with van der Waals surface area (Å²) in [4.78, 5) is 11.8. The molecule has 108 valence electrons. The third-order valence-corrected chi connectivity index (χ3v) is 3.54. The van der Waals surface area contributed by atoms with E-state index in [1.807, 2.05) is 0 Å². The molecule has 1 saturated heterocycles. The first-order valence-corrected chi connectivity index (χ1v) is 6.03. The molecule has 3 heterocycles. The summed E-state index contributed by atoms with van der Waals surface area (Å²) in [6.07, 6.45) is -1.06. The number of nitrogens with zero attached hydrogens (tertiary/aromatic N) is 4. The van der Waals surface area contributed by atoms with E-state index in [9.17, 15) is 9.50 Å². The van der Waals surface area contributed by atoms with Crippen molar-refractivity contribution in [2.45, 2.75) is 31.0 Å². The van der Waals surface area contributed by atoms with Crippen LogP contribution in [0.5, 0.6) is 0 Å². The summed E-state index contributed by atoms with van der Waals surface area (Å²) in [7, 11) is 0. The number of alkyl halides is 1. The minimum Gasteiger partial charge on any atom is -0.394 e. The lowest BCUT2D eigenvalue weighted by Crippen LogP contribution is -2.40. The molecule has 0 spiro atoms. The van der Waals surface area contributed by atoms with E-state index in [1.165, 1.54) is 24.1 Å². The van der Waals surface area contributed by atoms with E-state index in [2.05, 4.69) is 15.0 Å². The van der Waals surface area contributed by atoms with Crippen LogP contribution >= 0.6 is 0 Å². The largest absolute Gasteiger partial charge is 0.394 e. The van der Waals surface area contributed by atoms with Crippen LogP contribution in [0.1, 0.15) is 13.2 Å². The summed E-state index contributed by atoms with van der Waals surface area (Å²) >= 11 is 0. The van der Waals surface area contributed by atoms with Crippen LogP contribution in [-0.2, 0) is 4.74 Å². The van der Waals surface area contributed by atoms with E-state index in [-0.39, 0.29) is 5.82 Å². The van der Waals surface area contributed by atoms with Crippen molar-refractivity contribution in [3.63, 3.8) is 0 Å². The van der Waals surface area contributed by atoms with Gasteiger partial charge in [-0.25, -0.2) is 19.3 Å². The fourth-order valence-electron chi connectivity index (χ4n) is 2.40. The molecule has 4 N–H and O–H groups in total. The smallest absolute Gasteiger partial charge is 0.181 e. The van der Waals surface area contributed by atoms with Crippen LogP contribution in [-0.4, -0.2) is 54.2 Å². The molecule has 0 bridgehead atoms. The van der Waals surface area contributed by atoms with E-state index in [0.29, 0.717) is 11.2 Å². The number of aliphatic hydroxyl groups excluding tert-OH is 2. The first-order chi connectivity index (χ1) is 9.46. The Bertz CT molecular complexity index is 646. The standard InChI is InChI=1S/C11H14FN5O3/c1-11(12)7(19)5(2-18)20-10(11)17-4-16-6-8(13)14-3-15-9(6)17/h3-5,7,10,18-19H,2H2,1H3,(H2,13,14,15)/t5-,7?,10-,11+/m1/s1. The Labute approximate surface area is 113 Å². The zero-order valence-electron chi connectivity index (χ0n) is 10.6. The van der Waals surface area contributed by atoms with Gasteiger partial charge in [0, 0.05) is 0 Å². The summed E-state index contributed by atoms with van der Waals surface area (Å²) < 4.78 is 21.4. The van der Waals surface area contributed by atoms with Crippen LogP contribution in [0.25, 0.3) is 11.2 Å². The SMILES string of the molecule is C[C@]1(F)C(O)[C@@H](CO)O[C@H]1n1cnc2c(N)ncnc21. The molecule has 4 atom stereocenters. The van der Waals surface area contributed by atoms with Crippen molar-refractivity contribution in [1.82, 2.24) is 19.5 Å². The van der Waals surface area contributed by atoms with Gasteiger partial charge in [0.05, 0.1) is 12.9 Å². The lowest BCUT2D eigenvalue weighted by molar-refractivity contribution is -0.0566. The van der Waals surface area contributed by atoms with Crippen molar-refractivity contribution >= 4 is 17.0 Å². The fraction of sp³-hybridized carbons (Fsp3) is 0.545. The number of hydrogen-bond acceptors (Lipinski definition) is 7. The predicted octanol–water partition coefficient (Wildman–Crippen LogP) is -0.613. The molecule has 1 aliphatic heterocycles. The number of aromatic nitrogens is 4. The normalized spacial score (nSPS) is 33.9. The van der Waals surface area contributed by atoms with Crippen molar-refractivity contribution in [3.05, 3.63) is 12.7 Å². The molecule has 0 saturated carbocycles. The molecule has 0 aliphatic carbocycles. The number of rotatable bonds is 2. The lowest BCUT2D eigenvalue weighted by atomic mass is 9.98. The Morgan fingerprint density at radius 2 is 2.25 bits per heavy atom. The minimum atomic E-state index is -2.10. The van der Waals surface area contributed by atoms with Crippen LogP contribution in [0.4, 0.5) is 10.2 Å². The molecule has 1 aliphatic rings. The molecule has 0 aromatic carbocycles. The van der Waals surface area contributed by atoms with Gasteiger partial charge in [-0.05, 0) is 6.92 Å². The number of imidazole rings is 1. The van der Waals surface area contributed by atoms with Crippen molar-refractivity contribution < 1.29 is 19.3 Å². The highest BCUT2D eigenvalue weighted by molar-refractivity contribution is 5.81. The number of anilines is 1. The highest BCUT2D eigenvalue weighted by Crippen LogP contribution is 2.42. The van der Waals surface area contributed by atoms with Gasteiger partial charge in [-0.3, -0.25) is 4.57 Å². The van der Waals surface area contributed by atoms with Crippen molar-refractivity contribution in [2.75, 3.05) is 12.3 Å². The third-order valence-electron chi connectivity index (χ3n) is 3.54. The van der Waals surface area contributed by atoms with Crippen LogP contribution in [0, 0.1) is 0 Å². The molecule has 1 unspecified atom stereocenters. The number of nitrogen functional groups attached to an aromatic ring is 1. The van der Waals surface area contributed by atoms with Crippen molar-refractivity contribution in [1.29, 1.82) is 0 Å². The molecule has 20 heavy (non-hydrogen) atoms. The number of ether oxygens (including phenoxy) is 1. The van der Waals surface area contributed by atoms with Crippen LogP contribution in [0.2, 0.25) is 0 Å². The first-order valence-electron chi connectivity index (χ1n) is 6.03. The van der Waals surface area contributed by atoms with Gasteiger partial charge in [0.2, 0.25) is 0 Å². The van der Waals surface area contributed by atoms with Crippen LogP contribution < -0.4 is 5.73 Å². The van der Waals surface area contributed by atoms with E-state index in [4.69, 9.17) is 15.6 Å². The fourth-order valence-corrected chi connectivity index (χ4v) is 2.40. The molecule has 0 amide bonds. The van der Waals surface area contributed by atoms with E-state index in [0.717, 1.165) is 0 Å². The molecular weight excluding hydrogens is 269 g/mol. The number of fused-ring (bicyclic) bond motifs is 1. The lowest BCUT2D eigenvalue weighted by Gasteiger charge is -2.24. The van der Waals surface area contributed by atoms with E-state index >= 15 is 0 Å². The van der Waals surface area contributed by atoms with Gasteiger partial charge in [-0.1, -0.05) is 0 Å². The zero-order valence-corrected chi connectivity index (χ0v) is 10.6. The van der Waals surface area contributed by atoms with Gasteiger partial charge in [0.25, 0.3) is 0 Å². The predicted molar refractivity (Wildman–Crippen MR) is 66.3 cm³/mol. The molecule has 2 aromatic rings. The Morgan fingerprint density at radius 1 is 1.50 bits per heavy atom. The van der Waals surface area contributed by atoms with Gasteiger partial charge < -0.3 is 20.7 Å². The Kier molecular flexibility index (Phi) is 2.85. The Morgan fingerprint density at radius 3 is 2.90 bits per heavy atom. The maximum Gasteiger partial charge on any atom is 0.181 e. The summed E-state index contributed by atoms with van der Waals surface area (Å²) in [5.41, 5.74) is 4.20. The second-order valence-electron chi connectivity index (χ2n) is 4.89. The van der Waals surface area contributed by atoms with Crippen molar-refractivity contribution in [2.24, 2.45) is 0 Å². The Balaban J connectivity index is 2.10. The molecule has 9 heteroatoms. The number of hydrogen-bond donors (Lipinski definition) is 3. The van der Waals surface area contributed by atoms with Gasteiger partial charge in [0.15, 0.2) is 23.4 Å². The van der Waals surface area contributed by atoms with Gasteiger partial charge >= 0.3 is 0 Å². The number of nitrogens with two attached hydrogens (primary N) is 1. The van der Waals surface area contributed by atoms with Gasteiger partial charge in [-0.15, -0.1) is 0 Å². The molecule has 1 fully saturated rings. The summed E-state index contributed by atoms with van der Waals surface area (Å²) in [5, 5.41) is 19.0. The van der Waals surface area contributed by atoms with E-state index in [1.54, 1.807) is 0 Å². The third kappa shape index (κ3) is 1.67. The average Bonchev–Trinajstić information content (AvgIpc) is 2.92. The topological polar surface area (TPSA) is 119 Å². The minimum absolute atomic E-state index is 0.173. The monoisotopic (exact) mass is 283 g/mol. The van der Waals surface area contributed by atoms with Gasteiger partial charge in [0.1, 0.15) is 24.1 Å². The summed E-state index contributed by atoms with van der Waals surface area (Å²) in [6.45, 7) is 0.718. The molecule has 0 radical (unpaired) electrons. The highest BCUT2D eigenvalue weighted by atomic mass is 19.1. The first kappa shape index (κ1) is 13.2. The average molecular weight is 283 g/mol. The molecular formula is C11H14FN5O3. The highest BCUT2D eigenvalue weighted by Gasteiger charge is 2.55. The quantitative estimate of drug-likeness (QED) is 0.672. The summed E-state index contributed by atoms with van der Waals surface area (Å²) in [6, 6.07) is 0. The second kappa shape index (κ2) is 4.33. The number of halogens is 1. The number of aliphatic hydroxyl groups is 2. The van der Waals surface area contributed by atoms with E-state index < -0.39 is 30.7 Å². The second-order valence-corrected chi connectivity index (χ2v) is 4.89. The van der Waals surface area contributed by atoms with Crippen molar-refractivity contribution in [3.8, 4) is 0 Å². The maximum absolute atomic E-state index is 14.7. The molecule has 8 nitrogen and oxygen atoms in total. The maximum atomic E-state index is 14.7. The zero-order chi connectivity index (χ0) is 14.5. The Hall–Kier alpha value is -1.84. The van der Waals surface area contributed by atoms with Crippen LogP contribution in [0.3, 0.4) is 0 Å². The summed E-state index contributed by atoms with van der Waals surface area (Å²) in [5.74, 6) is 0.173. The molecule has 3 rings (SSSR count).